The monoisotopic (exact) mass is 351 g/mol. The van der Waals surface area contributed by atoms with Gasteiger partial charge in [0.05, 0.1) is 12.0 Å². The summed E-state index contributed by atoms with van der Waals surface area (Å²) in [5.74, 6) is -0.539. The van der Waals surface area contributed by atoms with Crippen molar-refractivity contribution < 1.29 is 19.4 Å². The largest absolute Gasteiger partial charge is 0.347 e. The lowest BCUT2D eigenvalue weighted by atomic mass is 10.1. The van der Waals surface area contributed by atoms with Crippen molar-refractivity contribution in [2.24, 2.45) is 0 Å². The number of nitro benzene ring substituents is 1. The molecule has 138 valence electrons. The van der Waals surface area contributed by atoms with E-state index in [1.165, 1.54) is 6.07 Å². The van der Waals surface area contributed by atoms with Crippen LogP contribution in [0.5, 0.6) is 0 Å². The van der Waals surface area contributed by atoms with Gasteiger partial charge in [-0.1, -0.05) is 0 Å². The SMILES string of the molecule is Cc1cc(NC(=O)C[NH+](C)CC(=O)NC(C)(C)C)c([N+](=O)[O-])cc1C. The third-order valence-electron chi connectivity index (χ3n) is 3.52. The van der Waals surface area contributed by atoms with E-state index in [4.69, 9.17) is 0 Å². The van der Waals surface area contributed by atoms with Crippen LogP contribution in [0.25, 0.3) is 0 Å². The first-order valence-electron chi connectivity index (χ1n) is 8.07. The lowest BCUT2D eigenvalue weighted by molar-refractivity contribution is -0.862. The van der Waals surface area contributed by atoms with Gasteiger partial charge in [0, 0.05) is 11.6 Å². The second-order valence-corrected chi connectivity index (χ2v) is 7.37. The maximum Gasteiger partial charge on any atom is 0.293 e. The first kappa shape index (κ1) is 20.6. The summed E-state index contributed by atoms with van der Waals surface area (Å²) >= 11 is 0. The van der Waals surface area contributed by atoms with Crippen molar-refractivity contribution in [2.45, 2.75) is 40.2 Å². The first-order valence-corrected chi connectivity index (χ1v) is 8.07. The molecule has 0 saturated heterocycles. The number of rotatable bonds is 6. The van der Waals surface area contributed by atoms with Gasteiger partial charge in [-0.3, -0.25) is 19.7 Å². The molecule has 1 unspecified atom stereocenters. The summed E-state index contributed by atoms with van der Waals surface area (Å²) in [5.41, 5.74) is 1.33. The fourth-order valence-corrected chi connectivity index (χ4v) is 2.32. The van der Waals surface area contributed by atoms with Crippen molar-refractivity contribution in [3.05, 3.63) is 33.4 Å². The van der Waals surface area contributed by atoms with Crippen LogP contribution in [-0.2, 0) is 9.59 Å². The standard InChI is InChI=1S/C17H26N4O4/c1-11-7-13(14(21(24)25)8-12(11)2)18-15(22)9-20(6)10-16(23)19-17(3,4)5/h7-8H,9-10H2,1-6H3,(H,18,22)(H,19,23)/p+1. The first-order chi connectivity index (χ1) is 11.4. The molecule has 1 atom stereocenters. The van der Waals surface area contributed by atoms with Gasteiger partial charge in [0.25, 0.3) is 17.5 Å². The fraction of sp³-hybridized carbons (Fsp3) is 0.529. The Bertz CT molecular complexity index is 680. The zero-order valence-corrected chi connectivity index (χ0v) is 15.6. The zero-order chi connectivity index (χ0) is 19.4. The van der Waals surface area contributed by atoms with E-state index in [2.05, 4.69) is 10.6 Å². The van der Waals surface area contributed by atoms with Gasteiger partial charge in [-0.2, -0.15) is 0 Å². The molecular formula is C17H27N4O4+. The van der Waals surface area contributed by atoms with Gasteiger partial charge in [-0.25, -0.2) is 0 Å². The van der Waals surface area contributed by atoms with Crippen LogP contribution in [0, 0.1) is 24.0 Å². The van der Waals surface area contributed by atoms with Crippen LogP contribution >= 0.6 is 0 Å². The molecule has 0 spiro atoms. The second-order valence-electron chi connectivity index (χ2n) is 7.37. The number of amides is 2. The number of benzene rings is 1. The highest BCUT2D eigenvalue weighted by atomic mass is 16.6. The molecule has 2 amide bonds. The van der Waals surface area contributed by atoms with Crippen molar-refractivity contribution in [3.8, 4) is 0 Å². The molecule has 0 aliphatic carbocycles. The fourth-order valence-electron chi connectivity index (χ4n) is 2.32. The van der Waals surface area contributed by atoms with Crippen molar-refractivity contribution >= 4 is 23.2 Å². The number of nitro groups is 1. The Morgan fingerprint density at radius 2 is 1.64 bits per heavy atom. The van der Waals surface area contributed by atoms with Gasteiger partial charge < -0.3 is 15.5 Å². The lowest BCUT2D eigenvalue weighted by Gasteiger charge is -2.21. The molecule has 8 nitrogen and oxygen atoms in total. The van der Waals surface area contributed by atoms with Gasteiger partial charge in [0.2, 0.25) is 0 Å². The molecule has 1 aromatic carbocycles. The van der Waals surface area contributed by atoms with Crippen LogP contribution in [0.15, 0.2) is 12.1 Å². The molecule has 0 aromatic heterocycles. The number of nitrogens with one attached hydrogen (secondary N) is 3. The summed E-state index contributed by atoms with van der Waals surface area (Å²) < 4.78 is 0. The number of carbonyl (C=O) groups is 2. The highest BCUT2D eigenvalue weighted by Gasteiger charge is 2.21. The third-order valence-corrected chi connectivity index (χ3v) is 3.52. The van der Waals surface area contributed by atoms with E-state index >= 15 is 0 Å². The molecule has 0 fully saturated rings. The number of likely N-dealkylation sites (N-methyl/N-ethyl adjacent to an activating group) is 1. The Balaban J connectivity index is 2.72. The average molecular weight is 351 g/mol. The minimum atomic E-state index is -0.518. The molecule has 1 aromatic rings. The van der Waals surface area contributed by atoms with Crippen LogP contribution in [0.3, 0.4) is 0 Å². The van der Waals surface area contributed by atoms with Crippen molar-refractivity contribution in [1.82, 2.24) is 5.32 Å². The molecule has 8 heteroatoms. The Kier molecular flexibility index (Phi) is 6.63. The van der Waals surface area contributed by atoms with Crippen LogP contribution in [0.2, 0.25) is 0 Å². The molecule has 0 saturated carbocycles. The molecule has 3 N–H and O–H groups in total. The minimum Gasteiger partial charge on any atom is -0.347 e. The Labute approximate surface area is 147 Å². The normalized spacial score (nSPS) is 12.4. The quantitative estimate of drug-likeness (QED) is 0.515. The van der Waals surface area contributed by atoms with Crippen molar-refractivity contribution in [1.29, 1.82) is 0 Å². The van der Waals surface area contributed by atoms with Crippen LogP contribution in [-0.4, -0.2) is 42.4 Å². The van der Waals surface area contributed by atoms with Crippen LogP contribution in [0.4, 0.5) is 11.4 Å². The maximum absolute atomic E-state index is 12.2. The molecule has 0 aliphatic heterocycles. The van der Waals surface area contributed by atoms with Gasteiger partial charge in [-0.05, 0) is 51.8 Å². The van der Waals surface area contributed by atoms with Gasteiger partial charge in [0.15, 0.2) is 13.1 Å². The van der Waals surface area contributed by atoms with E-state index in [9.17, 15) is 19.7 Å². The number of carbonyl (C=O) groups excluding carboxylic acids is 2. The molecule has 0 heterocycles. The summed E-state index contributed by atoms with van der Waals surface area (Å²) in [4.78, 5) is 35.4. The number of quaternary nitrogens is 1. The van der Waals surface area contributed by atoms with E-state index in [0.29, 0.717) is 4.90 Å². The van der Waals surface area contributed by atoms with Gasteiger partial charge in [0.1, 0.15) is 5.69 Å². The number of anilines is 1. The smallest absolute Gasteiger partial charge is 0.293 e. The zero-order valence-electron chi connectivity index (χ0n) is 15.6. The molecule has 1 rings (SSSR count). The lowest BCUT2D eigenvalue weighted by Crippen LogP contribution is -3.11. The summed E-state index contributed by atoms with van der Waals surface area (Å²) in [6.45, 7) is 9.41. The molecule has 0 bridgehead atoms. The predicted octanol–water partition coefficient (Wildman–Crippen LogP) is 0.580. The topological polar surface area (TPSA) is 106 Å². The maximum atomic E-state index is 12.2. The van der Waals surface area contributed by atoms with Gasteiger partial charge >= 0.3 is 0 Å². The second kappa shape index (κ2) is 8.06. The van der Waals surface area contributed by atoms with Crippen LogP contribution in [0.1, 0.15) is 31.9 Å². The Morgan fingerprint density at radius 3 is 2.16 bits per heavy atom. The van der Waals surface area contributed by atoms with E-state index in [1.54, 1.807) is 20.0 Å². The average Bonchev–Trinajstić information content (AvgIpc) is 2.39. The van der Waals surface area contributed by atoms with E-state index < -0.39 is 4.92 Å². The molecular weight excluding hydrogens is 324 g/mol. The summed E-state index contributed by atoms with van der Waals surface area (Å²) in [6.07, 6.45) is 0. The molecule has 0 aliphatic rings. The predicted molar refractivity (Wildman–Crippen MR) is 95.7 cm³/mol. The number of hydrogen-bond acceptors (Lipinski definition) is 4. The summed E-state index contributed by atoms with van der Waals surface area (Å²) in [5, 5.41) is 16.6. The van der Waals surface area contributed by atoms with Gasteiger partial charge in [-0.15, -0.1) is 0 Å². The third kappa shape index (κ3) is 6.88. The Morgan fingerprint density at radius 1 is 1.12 bits per heavy atom. The van der Waals surface area contributed by atoms with Crippen molar-refractivity contribution in [2.75, 3.05) is 25.5 Å². The number of aryl methyl sites for hydroxylation is 2. The Hall–Kier alpha value is -2.48. The summed E-state index contributed by atoms with van der Waals surface area (Å²) in [6, 6.07) is 3.03. The molecule has 0 radical (unpaired) electrons. The number of nitrogens with zero attached hydrogens (tertiary/aromatic N) is 1. The van der Waals surface area contributed by atoms with E-state index in [1.807, 2.05) is 27.7 Å². The summed E-state index contributed by atoms with van der Waals surface area (Å²) in [7, 11) is 1.72. The molecule has 25 heavy (non-hydrogen) atoms. The van der Waals surface area contributed by atoms with Crippen LogP contribution < -0.4 is 15.5 Å². The van der Waals surface area contributed by atoms with Crippen molar-refractivity contribution in [3.63, 3.8) is 0 Å². The van der Waals surface area contributed by atoms with E-state index in [-0.39, 0.29) is 41.8 Å². The highest BCUT2D eigenvalue weighted by Crippen LogP contribution is 2.27. The minimum absolute atomic E-state index is 0.0294. The van der Waals surface area contributed by atoms with E-state index in [0.717, 1.165) is 11.1 Å². The highest BCUT2D eigenvalue weighted by molar-refractivity contribution is 5.94. The number of hydrogen-bond donors (Lipinski definition) is 3.